The highest BCUT2D eigenvalue weighted by molar-refractivity contribution is 6.00. The summed E-state index contributed by atoms with van der Waals surface area (Å²) in [7, 11) is 0. The van der Waals surface area contributed by atoms with Gasteiger partial charge in [-0.2, -0.15) is 0 Å². The molecule has 3 aromatic rings. The summed E-state index contributed by atoms with van der Waals surface area (Å²) in [6.45, 7) is 6.17. The summed E-state index contributed by atoms with van der Waals surface area (Å²) in [6, 6.07) is 24.3. The number of aryl methyl sites for hydroxylation is 2. The van der Waals surface area contributed by atoms with Gasteiger partial charge in [-0.05, 0) is 165 Å². The number of hydrogen-bond donors (Lipinski definition) is 2. The number of nitrogens with two attached hydrogens (primary N) is 1. The lowest BCUT2D eigenvalue weighted by atomic mass is 9.29. The smallest absolute Gasteiger partial charge is 0.339 e. The maximum Gasteiger partial charge on any atom is 0.339 e. The van der Waals surface area contributed by atoms with Crippen LogP contribution in [-0.2, 0) is 52.0 Å². The Morgan fingerprint density at radius 2 is 1.65 bits per heavy atom. The first-order valence-electron chi connectivity index (χ1n) is 30.2. The number of ether oxygens (including phenoxy) is 2. The summed E-state index contributed by atoms with van der Waals surface area (Å²) in [5.74, 6) is 1.76. The Bertz CT molecular complexity index is 3100. The summed E-state index contributed by atoms with van der Waals surface area (Å²) >= 11 is 0. The van der Waals surface area contributed by atoms with Crippen molar-refractivity contribution in [3.05, 3.63) is 151 Å². The Kier molecular flexibility index (Phi) is 10.2. The van der Waals surface area contributed by atoms with Crippen molar-refractivity contribution in [2.24, 2.45) is 57.5 Å². The van der Waals surface area contributed by atoms with Crippen molar-refractivity contribution < 1.29 is 24.2 Å². The van der Waals surface area contributed by atoms with Crippen LogP contribution >= 0.6 is 0 Å². The van der Waals surface area contributed by atoms with Crippen molar-refractivity contribution in [2.45, 2.75) is 166 Å². The Morgan fingerprint density at radius 1 is 0.840 bits per heavy atom. The second kappa shape index (κ2) is 16.6. The number of carbonyl (C=O) groups excluding carboxylic acids is 2. The average Bonchev–Trinajstić information content (AvgIpc) is 4.13. The maximum atomic E-state index is 16.5. The quantitative estimate of drug-likeness (QED) is 0.244. The maximum absolute atomic E-state index is 16.5. The molecule has 390 valence electrons. The van der Waals surface area contributed by atoms with Gasteiger partial charge in [0.05, 0.1) is 11.0 Å². The van der Waals surface area contributed by atoms with Crippen LogP contribution in [0.1, 0.15) is 165 Å². The molecular formula is C67H77N3O5. The third-order valence-corrected chi connectivity index (χ3v) is 23.2. The molecule has 19 bridgehead atoms. The van der Waals surface area contributed by atoms with Crippen molar-refractivity contribution in [3.63, 3.8) is 0 Å². The second-order valence-corrected chi connectivity index (χ2v) is 27.1. The van der Waals surface area contributed by atoms with Gasteiger partial charge < -0.3 is 25.2 Å². The first-order valence-corrected chi connectivity index (χ1v) is 30.2. The monoisotopic (exact) mass is 1000 g/mol. The summed E-state index contributed by atoms with van der Waals surface area (Å²) < 4.78 is 14.6. The highest BCUT2D eigenvalue weighted by Crippen LogP contribution is 2.87. The lowest BCUT2D eigenvalue weighted by molar-refractivity contribution is -0.276. The lowest BCUT2D eigenvalue weighted by Gasteiger charge is -2.71. The van der Waals surface area contributed by atoms with Crippen LogP contribution in [0.25, 0.3) is 0 Å². The minimum Gasteiger partial charge on any atom is -0.509 e. The molecule has 3 saturated heterocycles. The van der Waals surface area contributed by atoms with Gasteiger partial charge in [0.2, 0.25) is 0 Å². The number of esters is 2. The van der Waals surface area contributed by atoms with Crippen molar-refractivity contribution in [1.29, 1.82) is 0 Å². The Labute approximate surface area is 444 Å². The van der Waals surface area contributed by atoms with Crippen LogP contribution < -0.4 is 5.73 Å². The molecule has 0 aromatic heterocycles. The predicted octanol–water partition coefficient (Wildman–Crippen LogP) is 12.1. The molecule has 17 aliphatic rings. The molecule has 0 radical (unpaired) electrons. The van der Waals surface area contributed by atoms with Gasteiger partial charge in [-0.1, -0.05) is 129 Å². The fourth-order valence-electron chi connectivity index (χ4n) is 20.9. The fraction of sp³-hybridized carbons (Fsp3) is 0.582. The summed E-state index contributed by atoms with van der Waals surface area (Å²) in [5.41, 5.74) is 19.6. The zero-order valence-corrected chi connectivity index (χ0v) is 44.4. The van der Waals surface area contributed by atoms with Crippen LogP contribution in [0, 0.1) is 51.8 Å². The summed E-state index contributed by atoms with van der Waals surface area (Å²) in [6.07, 6.45) is 24.2. The highest BCUT2D eigenvalue weighted by Gasteiger charge is 2.93. The summed E-state index contributed by atoms with van der Waals surface area (Å²) in [4.78, 5) is 37.7. The van der Waals surface area contributed by atoms with E-state index in [1.807, 2.05) is 0 Å². The molecule has 5 fully saturated rings. The van der Waals surface area contributed by atoms with Crippen molar-refractivity contribution >= 4 is 11.9 Å². The summed E-state index contributed by atoms with van der Waals surface area (Å²) in [5, 5.41) is 13.7. The van der Waals surface area contributed by atoms with E-state index in [0.717, 1.165) is 107 Å². The lowest BCUT2D eigenvalue weighted by Crippen LogP contribution is -2.77. The van der Waals surface area contributed by atoms with Gasteiger partial charge in [-0.15, -0.1) is 0 Å². The predicted molar refractivity (Wildman–Crippen MR) is 289 cm³/mol. The van der Waals surface area contributed by atoms with E-state index in [9.17, 15) is 5.11 Å². The molecule has 8 nitrogen and oxygen atoms in total. The van der Waals surface area contributed by atoms with E-state index in [1.54, 1.807) is 11.3 Å². The number of fused-ring (bicyclic) bond motifs is 6. The molecule has 8 heteroatoms. The molecule has 6 aliphatic carbocycles. The molecule has 0 amide bonds. The van der Waals surface area contributed by atoms with Crippen molar-refractivity contribution in [3.8, 4) is 0 Å². The number of aliphatic hydroxyl groups is 1. The number of rotatable bonds is 5. The molecule has 11 aliphatic heterocycles. The molecule has 12 unspecified atom stereocenters. The van der Waals surface area contributed by atoms with Gasteiger partial charge in [-0.25, -0.2) is 4.79 Å². The molecule has 12 atom stereocenters. The molecular weight excluding hydrogens is 927 g/mol. The standard InChI is InChI=1S/C67H77N3O5/c1-39-25-47-20-21-54-49-35-64-34-42-18-16-41(17-19-42)26-44-27-43-11-5-6-15-56-66-53-32-48(30-45(28-43)29-44)57(39)59(60(47)70(54)38-64)51(53)22-23-65(66,67(56)52-14-7-12-46(13-8-24-68)58(52)62(72)75-67)61(74-63(66)73)55(71)33-50(69(36-49)37-64)31-40-9-3-2-4-10-40/h7,12,14,16-19,27-29,32,39-40,49-50,54,56-57,59,71H,2-6,8-11,13,15,20-26,30-31,33-38,68H2,1H3. The molecule has 3 aromatic carbocycles. The minimum absolute atomic E-state index is 0.0261. The molecule has 20 rings (SSSR count). The second-order valence-electron chi connectivity index (χ2n) is 27.1. The number of nitrogens with zero attached hydrogens (tertiary/aromatic N) is 2. The molecule has 11 heterocycles. The van der Waals surface area contributed by atoms with Gasteiger partial charge in [0, 0.05) is 66.7 Å². The number of aliphatic hydroxyl groups excluding tert-OH is 1. The van der Waals surface area contributed by atoms with Crippen LogP contribution in [0.4, 0.5) is 0 Å². The third kappa shape index (κ3) is 6.19. The third-order valence-electron chi connectivity index (χ3n) is 23.2. The zero-order chi connectivity index (χ0) is 50.2. The molecule has 3 N–H and O–H groups in total. The number of hydrogen-bond acceptors (Lipinski definition) is 8. The number of piperidine rings is 2. The fourth-order valence-corrected chi connectivity index (χ4v) is 20.9. The molecule has 2 saturated carbocycles. The van der Waals surface area contributed by atoms with Crippen LogP contribution in [0.15, 0.2) is 106 Å². The van der Waals surface area contributed by atoms with Gasteiger partial charge in [0.25, 0.3) is 0 Å². The van der Waals surface area contributed by atoms with Crippen LogP contribution in [0.2, 0.25) is 0 Å². The van der Waals surface area contributed by atoms with Gasteiger partial charge in [0.1, 0.15) is 11.2 Å². The first kappa shape index (κ1) is 46.2. The van der Waals surface area contributed by atoms with E-state index in [2.05, 4.69) is 83.5 Å². The minimum atomic E-state index is -1.19. The van der Waals surface area contributed by atoms with Crippen LogP contribution in [0.3, 0.4) is 0 Å². The Hall–Kier alpha value is -4.92. The normalized spacial score (nSPS) is 38.7. The molecule has 4 spiro atoms. The van der Waals surface area contributed by atoms with E-state index >= 15 is 9.59 Å². The SMILES string of the molecule is CC1CC2=C3C4C5=C6C=C(Cc7cc8cc(c7)Cc7ccc(cc7)CC79CC(CN(C7)C(CC7CCCCC7)CC(O)=C7OC(=O)C6%10C(CCCC8)C6(OC(=O)c8c(CCCN)cccc86)C7%10CC5)C(CC2)N3C9)C14. The van der Waals surface area contributed by atoms with Crippen molar-refractivity contribution in [2.75, 3.05) is 26.2 Å². The van der Waals surface area contributed by atoms with Gasteiger partial charge in [-0.3, -0.25) is 9.69 Å². The van der Waals surface area contributed by atoms with E-state index in [1.165, 1.54) is 83.9 Å². The highest BCUT2D eigenvalue weighted by atomic mass is 16.6. The Balaban J connectivity index is 1.01. The largest absolute Gasteiger partial charge is 0.509 e. The van der Waals surface area contributed by atoms with Gasteiger partial charge in [0.15, 0.2) is 11.4 Å². The van der Waals surface area contributed by atoms with Gasteiger partial charge >= 0.3 is 11.9 Å². The zero-order valence-electron chi connectivity index (χ0n) is 44.4. The first-order chi connectivity index (χ1) is 36.6. The van der Waals surface area contributed by atoms with E-state index in [0.29, 0.717) is 73.3 Å². The average molecular weight is 1000 g/mol. The topological polar surface area (TPSA) is 105 Å². The van der Waals surface area contributed by atoms with Crippen LogP contribution in [0.5, 0.6) is 0 Å². The molecule has 75 heavy (non-hydrogen) atoms. The van der Waals surface area contributed by atoms with E-state index < -0.39 is 16.4 Å². The van der Waals surface area contributed by atoms with Crippen molar-refractivity contribution in [1.82, 2.24) is 9.80 Å². The number of allylic oxidation sites excluding steroid dienone is 4. The number of benzene rings is 3. The Morgan fingerprint density at radius 3 is 2.51 bits per heavy atom. The van der Waals surface area contributed by atoms with E-state index in [-0.39, 0.29) is 41.0 Å². The van der Waals surface area contributed by atoms with E-state index in [4.69, 9.17) is 15.2 Å². The number of carbonyl (C=O) groups is 2. The van der Waals surface area contributed by atoms with Crippen LogP contribution in [-0.4, -0.2) is 65.1 Å².